The summed E-state index contributed by atoms with van der Waals surface area (Å²) in [6, 6.07) is 14.2. The Balaban J connectivity index is 1.81. The number of benzene rings is 1. The lowest BCUT2D eigenvalue weighted by Crippen LogP contribution is -2.14. The van der Waals surface area contributed by atoms with Gasteiger partial charge in [-0.3, -0.25) is 0 Å². The lowest BCUT2D eigenvalue weighted by Gasteiger charge is -2.09. The molecule has 0 saturated carbocycles. The van der Waals surface area contributed by atoms with Crippen molar-refractivity contribution in [3.63, 3.8) is 0 Å². The van der Waals surface area contributed by atoms with E-state index >= 15 is 0 Å². The standard InChI is InChI=1S/C16H17N3S/c1-11-16(14-8-5-9-20-14)19-15(18-11)10-13(17)12-6-3-2-4-7-12/h2-9,13H,10,17H2,1H3,(H,18,19). The maximum atomic E-state index is 6.25. The molecule has 20 heavy (non-hydrogen) atoms. The second-order valence-corrected chi connectivity index (χ2v) is 5.80. The number of nitrogens with zero attached hydrogens (tertiary/aromatic N) is 1. The summed E-state index contributed by atoms with van der Waals surface area (Å²) in [5.41, 5.74) is 9.52. The lowest BCUT2D eigenvalue weighted by molar-refractivity contribution is 0.694. The normalized spacial score (nSPS) is 12.5. The summed E-state index contributed by atoms with van der Waals surface area (Å²) in [5, 5.41) is 2.07. The van der Waals surface area contributed by atoms with Crippen molar-refractivity contribution in [1.82, 2.24) is 9.97 Å². The van der Waals surface area contributed by atoms with Gasteiger partial charge in [0.05, 0.1) is 4.88 Å². The first kappa shape index (κ1) is 13.1. The molecule has 0 saturated heterocycles. The molecule has 0 aliphatic carbocycles. The Bertz CT molecular complexity index is 671. The second-order valence-electron chi connectivity index (χ2n) is 4.86. The van der Waals surface area contributed by atoms with Crippen molar-refractivity contribution in [2.45, 2.75) is 19.4 Å². The number of nitrogens with one attached hydrogen (secondary N) is 1. The van der Waals surface area contributed by atoms with E-state index in [1.165, 1.54) is 4.88 Å². The summed E-state index contributed by atoms with van der Waals surface area (Å²) in [6.07, 6.45) is 0.718. The van der Waals surface area contributed by atoms with Gasteiger partial charge in [-0.1, -0.05) is 36.4 Å². The quantitative estimate of drug-likeness (QED) is 0.767. The molecule has 3 nitrogen and oxygen atoms in total. The first-order valence-electron chi connectivity index (χ1n) is 6.64. The summed E-state index contributed by atoms with van der Waals surface area (Å²) in [4.78, 5) is 9.23. The van der Waals surface area contributed by atoms with Crippen molar-refractivity contribution < 1.29 is 0 Å². The largest absolute Gasteiger partial charge is 0.345 e. The van der Waals surface area contributed by atoms with Crippen LogP contribution in [0.1, 0.15) is 23.1 Å². The number of thiophene rings is 1. The molecule has 4 heteroatoms. The summed E-state index contributed by atoms with van der Waals surface area (Å²) in [5.74, 6) is 0.947. The van der Waals surface area contributed by atoms with Gasteiger partial charge in [-0.05, 0) is 23.9 Å². The third-order valence-corrected chi connectivity index (χ3v) is 4.21. The molecule has 2 heterocycles. The van der Waals surface area contributed by atoms with Crippen LogP contribution in [0.15, 0.2) is 47.8 Å². The molecule has 102 valence electrons. The number of hydrogen-bond donors (Lipinski definition) is 2. The minimum absolute atomic E-state index is 0.0297. The number of aromatic amines is 1. The topological polar surface area (TPSA) is 54.7 Å². The van der Waals surface area contributed by atoms with Crippen LogP contribution in [0.25, 0.3) is 10.6 Å². The Kier molecular flexibility index (Phi) is 3.67. The average Bonchev–Trinajstić information content (AvgIpc) is 3.09. The number of H-pyrrole nitrogens is 1. The molecule has 0 aliphatic rings. The maximum Gasteiger partial charge on any atom is 0.108 e. The van der Waals surface area contributed by atoms with Gasteiger partial charge in [0.15, 0.2) is 0 Å². The number of imidazole rings is 1. The van der Waals surface area contributed by atoms with Crippen LogP contribution < -0.4 is 5.73 Å². The van der Waals surface area contributed by atoms with Gasteiger partial charge < -0.3 is 10.7 Å². The SMILES string of the molecule is Cc1[nH]c(CC(N)c2ccccc2)nc1-c1cccs1. The van der Waals surface area contributed by atoms with Crippen LogP contribution >= 0.6 is 11.3 Å². The van der Waals surface area contributed by atoms with Crippen LogP contribution in [0.2, 0.25) is 0 Å². The molecule has 3 aromatic rings. The Morgan fingerprint density at radius 3 is 2.70 bits per heavy atom. The van der Waals surface area contributed by atoms with Gasteiger partial charge in [0.1, 0.15) is 11.5 Å². The van der Waals surface area contributed by atoms with Gasteiger partial charge in [-0.2, -0.15) is 0 Å². The van der Waals surface area contributed by atoms with Crippen LogP contribution in [-0.4, -0.2) is 9.97 Å². The fourth-order valence-electron chi connectivity index (χ4n) is 2.30. The Morgan fingerprint density at radius 1 is 1.20 bits per heavy atom. The van der Waals surface area contributed by atoms with Gasteiger partial charge >= 0.3 is 0 Å². The number of aromatic nitrogens is 2. The predicted octanol–water partition coefficient (Wildman–Crippen LogP) is 3.69. The highest BCUT2D eigenvalue weighted by molar-refractivity contribution is 7.13. The van der Waals surface area contributed by atoms with Gasteiger partial charge in [0.2, 0.25) is 0 Å². The highest BCUT2D eigenvalue weighted by Crippen LogP contribution is 2.26. The monoisotopic (exact) mass is 283 g/mol. The molecule has 2 aromatic heterocycles. The molecule has 0 radical (unpaired) electrons. The zero-order valence-corrected chi connectivity index (χ0v) is 12.2. The number of nitrogens with two attached hydrogens (primary N) is 1. The van der Waals surface area contributed by atoms with Crippen LogP contribution in [-0.2, 0) is 6.42 Å². The van der Waals surface area contributed by atoms with E-state index in [-0.39, 0.29) is 6.04 Å². The Hall–Kier alpha value is -1.91. The molecule has 0 aliphatic heterocycles. The third kappa shape index (κ3) is 2.66. The van der Waals surface area contributed by atoms with Crippen molar-refractivity contribution in [3.8, 4) is 10.6 Å². The second kappa shape index (κ2) is 5.61. The fourth-order valence-corrected chi connectivity index (χ4v) is 3.07. The van der Waals surface area contributed by atoms with E-state index < -0.39 is 0 Å². The van der Waals surface area contributed by atoms with Crippen LogP contribution in [0.3, 0.4) is 0 Å². The van der Waals surface area contributed by atoms with Crippen LogP contribution in [0.4, 0.5) is 0 Å². The zero-order chi connectivity index (χ0) is 13.9. The first-order chi connectivity index (χ1) is 9.74. The number of hydrogen-bond acceptors (Lipinski definition) is 3. The summed E-state index contributed by atoms with van der Waals surface area (Å²) >= 11 is 1.71. The molecule has 0 spiro atoms. The van der Waals surface area contributed by atoms with Crippen LogP contribution in [0.5, 0.6) is 0 Å². The highest BCUT2D eigenvalue weighted by atomic mass is 32.1. The first-order valence-corrected chi connectivity index (χ1v) is 7.52. The molecular weight excluding hydrogens is 266 g/mol. The van der Waals surface area contributed by atoms with E-state index in [4.69, 9.17) is 10.7 Å². The van der Waals surface area contributed by atoms with E-state index in [1.807, 2.05) is 24.3 Å². The molecule has 3 N–H and O–H groups in total. The number of rotatable bonds is 4. The van der Waals surface area contributed by atoms with E-state index in [9.17, 15) is 0 Å². The van der Waals surface area contributed by atoms with Crippen molar-refractivity contribution in [2.24, 2.45) is 5.73 Å². The summed E-state index contributed by atoms with van der Waals surface area (Å²) in [7, 11) is 0. The van der Waals surface area contributed by atoms with Gasteiger partial charge in [-0.15, -0.1) is 11.3 Å². The summed E-state index contributed by atoms with van der Waals surface area (Å²) < 4.78 is 0. The van der Waals surface area contributed by atoms with Gasteiger partial charge in [-0.25, -0.2) is 4.98 Å². The molecule has 1 atom stereocenters. The molecule has 0 amide bonds. The van der Waals surface area contributed by atoms with Crippen molar-refractivity contribution in [2.75, 3.05) is 0 Å². The minimum Gasteiger partial charge on any atom is -0.345 e. The maximum absolute atomic E-state index is 6.25. The van der Waals surface area contributed by atoms with Crippen LogP contribution in [0, 0.1) is 6.92 Å². The van der Waals surface area contributed by atoms with Crippen molar-refractivity contribution in [3.05, 3.63) is 64.9 Å². The molecule has 1 unspecified atom stereocenters. The van der Waals surface area contributed by atoms with Crippen molar-refractivity contribution in [1.29, 1.82) is 0 Å². The molecule has 0 fully saturated rings. The summed E-state index contributed by atoms with van der Waals surface area (Å²) in [6.45, 7) is 2.06. The van der Waals surface area contributed by atoms with E-state index in [0.29, 0.717) is 0 Å². The van der Waals surface area contributed by atoms with E-state index in [0.717, 1.165) is 29.2 Å². The van der Waals surface area contributed by atoms with E-state index in [2.05, 4.69) is 35.5 Å². The molecule has 1 aromatic carbocycles. The molecular formula is C16H17N3S. The van der Waals surface area contributed by atoms with Gasteiger partial charge in [0.25, 0.3) is 0 Å². The molecule has 0 bridgehead atoms. The Labute approximate surface area is 122 Å². The average molecular weight is 283 g/mol. The predicted molar refractivity (Wildman–Crippen MR) is 83.7 cm³/mol. The van der Waals surface area contributed by atoms with Crippen molar-refractivity contribution >= 4 is 11.3 Å². The van der Waals surface area contributed by atoms with E-state index in [1.54, 1.807) is 11.3 Å². The minimum atomic E-state index is -0.0297. The van der Waals surface area contributed by atoms with Gasteiger partial charge in [0, 0.05) is 18.2 Å². The number of aryl methyl sites for hydroxylation is 1. The zero-order valence-electron chi connectivity index (χ0n) is 11.3. The Morgan fingerprint density at radius 2 is 2.00 bits per heavy atom. The fraction of sp³-hybridized carbons (Fsp3) is 0.188. The smallest absolute Gasteiger partial charge is 0.108 e. The lowest BCUT2D eigenvalue weighted by atomic mass is 10.0. The third-order valence-electron chi connectivity index (χ3n) is 3.33. The highest BCUT2D eigenvalue weighted by Gasteiger charge is 2.13. The molecule has 3 rings (SSSR count).